The number of rotatable bonds is 4. The second kappa shape index (κ2) is 6.93. The van der Waals surface area contributed by atoms with Gasteiger partial charge in [0.1, 0.15) is 0 Å². The van der Waals surface area contributed by atoms with Gasteiger partial charge in [0.2, 0.25) is 0 Å². The largest absolute Gasteiger partial charge is 0.349 e. The molecule has 3 nitrogen and oxygen atoms in total. The van der Waals surface area contributed by atoms with Gasteiger partial charge in [-0.2, -0.15) is 0 Å². The molecule has 1 fully saturated rings. The maximum Gasteiger partial charge on any atom is 0.251 e. The number of nitrogens with one attached hydrogen (secondary N) is 2. The standard InChI is InChI=1S/C19H24N2O/c1-2-11-21-12-9-18(10-13-21)20-19(22)17-8-7-15-5-3-4-6-16(15)14-17/h3-8,14,18H,2,9-13H2,1H3,(H,20,22)/p+1. The van der Waals surface area contributed by atoms with Crippen LogP contribution in [-0.2, 0) is 0 Å². The fourth-order valence-electron chi connectivity index (χ4n) is 3.37. The summed E-state index contributed by atoms with van der Waals surface area (Å²) in [4.78, 5) is 14.1. The Hall–Kier alpha value is -1.87. The predicted octanol–water partition coefficient (Wildman–Crippen LogP) is 2.03. The summed E-state index contributed by atoms with van der Waals surface area (Å²) in [6, 6.07) is 14.4. The summed E-state index contributed by atoms with van der Waals surface area (Å²) in [7, 11) is 0. The first kappa shape index (κ1) is 15.0. The van der Waals surface area contributed by atoms with Crippen LogP contribution >= 0.6 is 0 Å². The zero-order valence-corrected chi connectivity index (χ0v) is 13.3. The van der Waals surface area contributed by atoms with E-state index in [1.165, 1.54) is 31.4 Å². The van der Waals surface area contributed by atoms with Crippen molar-refractivity contribution in [3.8, 4) is 0 Å². The van der Waals surface area contributed by atoms with E-state index in [2.05, 4.69) is 24.4 Å². The molecule has 3 rings (SSSR count). The fourth-order valence-corrected chi connectivity index (χ4v) is 3.37. The lowest BCUT2D eigenvalue weighted by molar-refractivity contribution is -0.905. The van der Waals surface area contributed by atoms with Crippen molar-refractivity contribution in [2.45, 2.75) is 32.2 Å². The first-order valence-corrected chi connectivity index (χ1v) is 8.39. The average Bonchev–Trinajstić information content (AvgIpc) is 2.56. The number of piperidine rings is 1. The molecule has 2 N–H and O–H groups in total. The molecular weight excluding hydrogens is 272 g/mol. The van der Waals surface area contributed by atoms with Crippen LogP contribution in [0.5, 0.6) is 0 Å². The van der Waals surface area contributed by atoms with Crippen molar-refractivity contribution in [1.82, 2.24) is 5.32 Å². The third kappa shape index (κ3) is 3.47. The van der Waals surface area contributed by atoms with Gasteiger partial charge < -0.3 is 10.2 Å². The van der Waals surface area contributed by atoms with Gasteiger partial charge in [-0.15, -0.1) is 0 Å². The van der Waals surface area contributed by atoms with Crippen molar-refractivity contribution >= 4 is 16.7 Å². The van der Waals surface area contributed by atoms with E-state index in [-0.39, 0.29) is 5.91 Å². The Morgan fingerprint density at radius 2 is 1.86 bits per heavy atom. The summed E-state index contributed by atoms with van der Waals surface area (Å²) in [5.41, 5.74) is 0.766. The zero-order chi connectivity index (χ0) is 15.4. The molecule has 0 aliphatic carbocycles. The van der Waals surface area contributed by atoms with Gasteiger partial charge in [0.15, 0.2) is 0 Å². The van der Waals surface area contributed by atoms with Crippen LogP contribution in [0.3, 0.4) is 0 Å². The number of hydrogen-bond donors (Lipinski definition) is 2. The van der Waals surface area contributed by atoms with Crippen molar-refractivity contribution in [1.29, 1.82) is 0 Å². The summed E-state index contributed by atoms with van der Waals surface area (Å²) in [6.45, 7) is 5.85. The van der Waals surface area contributed by atoms with E-state index in [1.54, 1.807) is 4.90 Å². The molecule has 1 aliphatic heterocycles. The Labute approximate surface area is 132 Å². The minimum absolute atomic E-state index is 0.0645. The van der Waals surface area contributed by atoms with Crippen LogP contribution in [0.1, 0.15) is 36.5 Å². The van der Waals surface area contributed by atoms with Crippen LogP contribution in [0, 0.1) is 0 Å². The molecule has 1 heterocycles. The van der Waals surface area contributed by atoms with E-state index in [0.717, 1.165) is 23.8 Å². The predicted molar refractivity (Wildman–Crippen MR) is 90.3 cm³/mol. The quantitative estimate of drug-likeness (QED) is 0.889. The molecule has 0 aromatic heterocycles. The molecule has 22 heavy (non-hydrogen) atoms. The van der Waals surface area contributed by atoms with Gasteiger partial charge in [0.25, 0.3) is 5.91 Å². The molecule has 3 heteroatoms. The molecule has 0 spiro atoms. The smallest absolute Gasteiger partial charge is 0.251 e. The van der Waals surface area contributed by atoms with Crippen LogP contribution in [0.4, 0.5) is 0 Å². The van der Waals surface area contributed by atoms with Gasteiger partial charge >= 0.3 is 0 Å². The van der Waals surface area contributed by atoms with Crippen molar-refractivity contribution < 1.29 is 9.69 Å². The molecule has 0 saturated carbocycles. The highest BCUT2D eigenvalue weighted by Gasteiger charge is 2.23. The van der Waals surface area contributed by atoms with Crippen LogP contribution < -0.4 is 10.2 Å². The van der Waals surface area contributed by atoms with Crippen molar-refractivity contribution in [3.05, 3.63) is 48.0 Å². The van der Waals surface area contributed by atoms with Gasteiger partial charge in [-0.05, 0) is 29.3 Å². The van der Waals surface area contributed by atoms with E-state index in [0.29, 0.717) is 6.04 Å². The Kier molecular flexibility index (Phi) is 4.74. The van der Waals surface area contributed by atoms with Crippen molar-refractivity contribution in [2.75, 3.05) is 19.6 Å². The number of carbonyl (C=O) groups is 1. The Morgan fingerprint density at radius 3 is 2.59 bits per heavy atom. The molecule has 2 aromatic rings. The van der Waals surface area contributed by atoms with Gasteiger partial charge in [-0.3, -0.25) is 4.79 Å². The van der Waals surface area contributed by atoms with Gasteiger partial charge in [-0.25, -0.2) is 0 Å². The number of likely N-dealkylation sites (tertiary alicyclic amines) is 1. The maximum atomic E-state index is 12.4. The van der Waals surface area contributed by atoms with E-state index in [1.807, 2.05) is 30.3 Å². The van der Waals surface area contributed by atoms with Crippen LogP contribution in [-0.4, -0.2) is 31.6 Å². The third-order valence-electron chi connectivity index (χ3n) is 4.64. The molecule has 2 aromatic carbocycles. The highest BCUT2D eigenvalue weighted by molar-refractivity contribution is 5.98. The van der Waals surface area contributed by atoms with Crippen LogP contribution in [0.15, 0.2) is 42.5 Å². The molecule has 0 atom stereocenters. The molecule has 116 valence electrons. The normalized spacial score (nSPS) is 21.7. The first-order valence-electron chi connectivity index (χ1n) is 8.39. The number of amides is 1. The second-order valence-electron chi connectivity index (χ2n) is 6.31. The Balaban J connectivity index is 1.61. The molecular formula is C19H25N2O+. The topological polar surface area (TPSA) is 33.5 Å². The number of benzene rings is 2. The first-order chi connectivity index (χ1) is 10.8. The van der Waals surface area contributed by atoms with Crippen LogP contribution in [0.25, 0.3) is 10.8 Å². The van der Waals surface area contributed by atoms with Crippen molar-refractivity contribution in [2.24, 2.45) is 0 Å². The van der Waals surface area contributed by atoms with Crippen LogP contribution in [0.2, 0.25) is 0 Å². The third-order valence-corrected chi connectivity index (χ3v) is 4.64. The summed E-state index contributed by atoms with van der Waals surface area (Å²) >= 11 is 0. The molecule has 0 unspecified atom stereocenters. The lowest BCUT2D eigenvalue weighted by Crippen LogP contribution is -3.13. The minimum Gasteiger partial charge on any atom is -0.349 e. The average molecular weight is 297 g/mol. The molecule has 1 saturated heterocycles. The fraction of sp³-hybridized carbons (Fsp3) is 0.421. The molecule has 1 amide bonds. The maximum absolute atomic E-state index is 12.4. The Morgan fingerprint density at radius 1 is 1.14 bits per heavy atom. The molecule has 1 aliphatic rings. The van der Waals surface area contributed by atoms with E-state index in [4.69, 9.17) is 0 Å². The SMILES string of the molecule is CCC[NH+]1CCC(NC(=O)c2ccc3ccccc3c2)CC1. The van der Waals surface area contributed by atoms with E-state index < -0.39 is 0 Å². The highest BCUT2D eigenvalue weighted by Crippen LogP contribution is 2.16. The summed E-state index contributed by atoms with van der Waals surface area (Å²) in [5, 5.41) is 5.51. The number of carbonyl (C=O) groups excluding carboxylic acids is 1. The molecule has 0 radical (unpaired) electrons. The van der Waals surface area contributed by atoms with Gasteiger partial charge in [-0.1, -0.05) is 37.3 Å². The lowest BCUT2D eigenvalue weighted by Gasteiger charge is -2.29. The monoisotopic (exact) mass is 297 g/mol. The summed E-state index contributed by atoms with van der Waals surface area (Å²) in [6.07, 6.45) is 3.42. The zero-order valence-electron chi connectivity index (χ0n) is 13.3. The molecule has 0 bridgehead atoms. The Bertz CT molecular complexity index is 645. The van der Waals surface area contributed by atoms with Gasteiger partial charge in [0.05, 0.1) is 19.6 Å². The summed E-state index contributed by atoms with van der Waals surface area (Å²) < 4.78 is 0. The van der Waals surface area contributed by atoms with E-state index in [9.17, 15) is 4.79 Å². The highest BCUT2D eigenvalue weighted by atomic mass is 16.1. The van der Waals surface area contributed by atoms with Gasteiger partial charge in [0, 0.05) is 24.4 Å². The minimum atomic E-state index is 0.0645. The lowest BCUT2D eigenvalue weighted by atomic mass is 10.0. The summed E-state index contributed by atoms with van der Waals surface area (Å²) in [5.74, 6) is 0.0645. The number of hydrogen-bond acceptors (Lipinski definition) is 1. The number of quaternary nitrogens is 1. The van der Waals surface area contributed by atoms with Crippen molar-refractivity contribution in [3.63, 3.8) is 0 Å². The van der Waals surface area contributed by atoms with E-state index >= 15 is 0 Å². The second-order valence-corrected chi connectivity index (χ2v) is 6.31. The number of fused-ring (bicyclic) bond motifs is 1.